The van der Waals surface area contributed by atoms with E-state index >= 15 is 0 Å². The van der Waals surface area contributed by atoms with Gasteiger partial charge in [0.15, 0.2) is 9.84 Å². The first-order chi connectivity index (χ1) is 12.8. The van der Waals surface area contributed by atoms with Crippen molar-refractivity contribution in [2.75, 3.05) is 11.6 Å². The van der Waals surface area contributed by atoms with Crippen molar-refractivity contribution in [3.63, 3.8) is 0 Å². The monoisotopic (exact) mass is 403 g/mol. The van der Waals surface area contributed by atoms with Crippen LogP contribution in [0.15, 0.2) is 70.5 Å². The van der Waals surface area contributed by atoms with E-state index in [0.717, 1.165) is 11.8 Å². The fourth-order valence-corrected chi connectivity index (χ4v) is 3.42. The van der Waals surface area contributed by atoms with Gasteiger partial charge in [-0.05, 0) is 36.8 Å². The lowest BCUT2D eigenvalue weighted by molar-refractivity contribution is 0.602. The van der Waals surface area contributed by atoms with Crippen molar-refractivity contribution < 1.29 is 8.42 Å². The van der Waals surface area contributed by atoms with Crippen LogP contribution in [0, 0.1) is 0 Å². The van der Waals surface area contributed by atoms with Crippen LogP contribution in [0.1, 0.15) is 18.5 Å². The number of rotatable bonds is 5. The standard InChI is InChI=1S/C19H18ClN3O3S/c1-13(14-8-10-16(11-9-14)27(2,25)26)22-17-12-21-23(19(24)18(17)20)15-6-4-3-5-7-15/h3-13,22H,1-2H3/t13-/m0/s1. The molecule has 0 saturated carbocycles. The van der Waals surface area contributed by atoms with Crippen LogP contribution in [0.3, 0.4) is 0 Å². The quantitative estimate of drug-likeness (QED) is 0.705. The molecule has 0 unspecified atom stereocenters. The van der Waals surface area contributed by atoms with E-state index in [1.807, 2.05) is 25.1 Å². The molecule has 0 spiro atoms. The predicted octanol–water partition coefficient (Wildman–Crippen LogP) is 3.46. The Kier molecular flexibility index (Phi) is 5.34. The molecule has 1 heterocycles. The van der Waals surface area contributed by atoms with E-state index in [9.17, 15) is 13.2 Å². The van der Waals surface area contributed by atoms with Gasteiger partial charge >= 0.3 is 0 Å². The van der Waals surface area contributed by atoms with Crippen molar-refractivity contribution in [3.8, 4) is 5.69 Å². The predicted molar refractivity (Wildman–Crippen MR) is 106 cm³/mol. The van der Waals surface area contributed by atoms with E-state index in [2.05, 4.69) is 10.4 Å². The van der Waals surface area contributed by atoms with Gasteiger partial charge in [0.05, 0.1) is 22.5 Å². The molecular weight excluding hydrogens is 386 g/mol. The number of sulfone groups is 1. The summed E-state index contributed by atoms with van der Waals surface area (Å²) >= 11 is 6.25. The maximum absolute atomic E-state index is 12.5. The number of aromatic nitrogens is 2. The molecule has 6 nitrogen and oxygen atoms in total. The highest BCUT2D eigenvalue weighted by Crippen LogP contribution is 2.24. The van der Waals surface area contributed by atoms with Crippen LogP contribution in [0.5, 0.6) is 0 Å². The van der Waals surface area contributed by atoms with E-state index < -0.39 is 15.4 Å². The summed E-state index contributed by atoms with van der Waals surface area (Å²) in [7, 11) is -3.24. The molecule has 0 aliphatic carbocycles. The molecule has 2 aromatic carbocycles. The maximum atomic E-state index is 12.5. The second-order valence-electron chi connectivity index (χ2n) is 6.13. The lowest BCUT2D eigenvalue weighted by atomic mass is 10.1. The summed E-state index contributed by atoms with van der Waals surface area (Å²) in [6.07, 6.45) is 2.66. The molecule has 0 bridgehead atoms. The number of para-hydroxylation sites is 1. The molecule has 1 aromatic heterocycles. The molecule has 140 valence electrons. The van der Waals surface area contributed by atoms with Gasteiger partial charge < -0.3 is 5.32 Å². The van der Waals surface area contributed by atoms with Crippen LogP contribution in [0.4, 0.5) is 5.69 Å². The first-order valence-corrected chi connectivity index (χ1v) is 10.4. The summed E-state index contributed by atoms with van der Waals surface area (Å²) in [5, 5.41) is 7.36. The molecule has 3 aromatic rings. The van der Waals surface area contributed by atoms with Crippen LogP contribution < -0.4 is 10.9 Å². The van der Waals surface area contributed by atoms with Crippen molar-refractivity contribution >= 4 is 27.1 Å². The molecule has 0 saturated heterocycles. The minimum Gasteiger partial charge on any atom is -0.376 e. The first kappa shape index (κ1) is 19.1. The SMILES string of the molecule is C[C@H](Nc1cnn(-c2ccccc2)c(=O)c1Cl)c1ccc(S(C)(=O)=O)cc1. The zero-order chi connectivity index (χ0) is 19.6. The molecule has 1 N–H and O–H groups in total. The number of anilines is 1. The highest BCUT2D eigenvalue weighted by molar-refractivity contribution is 7.90. The fraction of sp³-hybridized carbons (Fsp3) is 0.158. The highest BCUT2D eigenvalue weighted by atomic mass is 35.5. The third kappa shape index (κ3) is 4.20. The summed E-state index contributed by atoms with van der Waals surface area (Å²) in [5.74, 6) is 0. The largest absolute Gasteiger partial charge is 0.376 e. The van der Waals surface area contributed by atoms with Crippen LogP contribution in [0.25, 0.3) is 5.69 Å². The minimum absolute atomic E-state index is 0.0356. The smallest absolute Gasteiger partial charge is 0.292 e. The summed E-state index contributed by atoms with van der Waals surface area (Å²) in [4.78, 5) is 12.8. The van der Waals surface area contributed by atoms with Crippen molar-refractivity contribution in [1.82, 2.24) is 9.78 Å². The number of nitrogens with one attached hydrogen (secondary N) is 1. The Balaban J connectivity index is 1.85. The lowest BCUT2D eigenvalue weighted by Gasteiger charge is -2.17. The van der Waals surface area contributed by atoms with Gasteiger partial charge in [0.25, 0.3) is 5.56 Å². The Morgan fingerprint density at radius 3 is 2.30 bits per heavy atom. The van der Waals surface area contributed by atoms with Crippen molar-refractivity contribution in [2.45, 2.75) is 17.9 Å². The first-order valence-electron chi connectivity index (χ1n) is 8.17. The van der Waals surface area contributed by atoms with E-state index in [1.54, 1.807) is 36.4 Å². The van der Waals surface area contributed by atoms with Gasteiger partial charge in [0.1, 0.15) is 5.02 Å². The highest BCUT2D eigenvalue weighted by Gasteiger charge is 2.14. The molecule has 0 aliphatic rings. The Bertz CT molecular complexity index is 1110. The number of benzene rings is 2. The van der Waals surface area contributed by atoms with Crippen LogP contribution in [-0.2, 0) is 9.84 Å². The zero-order valence-electron chi connectivity index (χ0n) is 14.8. The van der Waals surface area contributed by atoms with Gasteiger partial charge in [0, 0.05) is 12.3 Å². The van der Waals surface area contributed by atoms with Crippen LogP contribution >= 0.6 is 11.6 Å². The third-order valence-electron chi connectivity index (χ3n) is 4.10. The molecule has 1 atom stereocenters. The lowest BCUT2D eigenvalue weighted by Crippen LogP contribution is -2.23. The third-order valence-corrected chi connectivity index (χ3v) is 5.59. The Hall–Kier alpha value is -2.64. The van der Waals surface area contributed by atoms with Crippen molar-refractivity contribution in [2.24, 2.45) is 0 Å². The second kappa shape index (κ2) is 7.54. The summed E-state index contributed by atoms with van der Waals surface area (Å²) < 4.78 is 24.4. The molecular formula is C19H18ClN3O3S. The number of nitrogens with zero attached hydrogens (tertiary/aromatic N) is 2. The summed E-state index contributed by atoms with van der Waals surface area (Å²) in [6.45, 7) is 1.88. The maximum Gasteiger partial charge on any atom is 0.292 e. The number of hydrogen-bond donors (Lipinski definition) is 1. The van der Waals surface area contributed by atoms with E-state index in [-0.39, 0.29) is 16.0 Å². The van der Waals surface area contributed by atoms with Gasteiger partial charge in [0.2, 0.25) is 0 Å². The van der Waals surface area contributed by atoms with E-state index in [4.69, 9.17) is 11.6 Å². The van der Waals surface area contributed by atoms with Crippen LogP contribution in [0.2, 0.25) is 5.02 Å². The molecule has 0 amide bonds. The van der Waals surface area contributed by atoms with E-state index in [0.29, 0.717) is 11.4 Å². The fourth-order valence-electron chi connectivity index (χ4n) is 2.61. The van der Waals surface area contributed by atoms with Gasteiger partial charge in [-0.25, -0.2) is 8.42 Å². The summed E-state index contributed by atoms with van der Waals surface area (Å²) in [5.41, 5.74) is 1.46. The molecule has 27 heavy (non-hydrogen) atoms. The molecule has 0 fully saturated rings. The number of hydrogen-bond acceptors (Lipinski definition) is 5. The van der Waals surface area contributed by atoms with Crippen LogP contribution in [-0.4, -0.2) is 24.5 Å². The molecule has 0 aliphatic heterocycles. The molecule has 0 radical (unpaired) electrons. The summed E-state index contributed by atoms with van der Waals surface area (Å²) in [6, 6.07) is 15.4. The minimum atomic E-state index is -3.24. The second-order valence-corrected chi connectivity index (χ2v) is 8.53. The normalized spacial score (nSPS) is 12.6. The number of halogens is 1. The Morgan fingerprint density at radius 1 is 1.07 bits per heavy atom. The average Bonchev–Trinajstić information content (AvgIpc) is 2.65. The Morgan fingerprint density at radius 2 is 1.70 bits per heavy atom. The molecule has 8 heteroatoms. The van der Waals surface area contributed by atoms with E-state index in [1.165, 1.54) is 10.9 Å². The van der Waals surface area contributed by atoms with Gasteiger partial charge in [-0.3, -0.25) is 4.79 Å². The molecule has 3 rings (SSSR count). The van der Waals surface area contributed by atoms with Crippen molar-refractivity contribution in [3.05, 3.63) is 81.7 Å². The van der Waals surface area contributed by atoms with Crippen molar-refractivity contribution in [1.29, 1.82) is 0 Å². The topological polar surface area (TPSA) is 81.1 Å². The van der Waals surface area contributed by atoms with Gasteiger partial charge in [-0.2, -0.15) is 9.78 Å². The van der Waals surface area contributed by atoms with Gasteiger partial charge in [-0.15, -0.1) is 0 Å². The Labute approximate surface area is 162 Å². The van der Waals surface area contributed by atoms with Gasteiger partial charge in [-0.1, -0.05) is 41.9 Å². The zero-order valence-corrected chi connectivity index (χ0v) is 16.3. The average molecular weight is 404 g/mol.